The molecule has 0 radical (unpaired) electrons. The van der Waals surface area contributed by atoms with E-state index in [2.05, 4.69) is 19.2 Å². The van der Waals surface area contributed by atoms with Crippen molar-refractivity contribution in [3.8, 4) is 0 Å². The highest BCUT2D eigenvalue weighted by molar-refractivity contribution is 5.82. The van der Waals surface area contributed by atoms with E-state index in [4.69, 9.17) is 9.47 Å². The Morgan fingerprint density at radius 1 is 1.05 bits per heavy atom. The maximum Gasteiger partial charge on any atom is 0.323 e. The number of hydrogen-bond acceptors (Lipinski definition) is 5. The van der Waals surface area contributed by atoms with Gasteiger partial charge in [-0.3, -0.25) is 9.59 Å². The predicted octanol–water partition coefficient (Wildman–Crippen LogP) is 2.68. The van der Waals surface area contributed by atoms with Crippen LogP contribution in [-0.4, -0.2) is 37.7 Å². The Hall–Kier alpha value is -1.10. The topological polar surface area (TPSA) is 64.6 Å². The van der Waals surface area contributed by atoms with Crippen LogP contribution in [0.1, 0.15) is 59.8 Å². The summed E-state index contributed by atoms with van der Waals surface area (Å²) in [6.07, 6.45) is 4.57. The van der Waals surface area contributed by atoms with E-state index in [0.717, 1.165) is 19.4 Å². The second kappa shape index (κ2) is 12.6. The van der Waals surface area contributed by atoms with E-state index < -0.39 is 6.04 Å². The molecule has 0 aromatic heterocycles. The van der Waals surface area contributed by atoms with Crippen LogP contribution in [0.3, 0.4) is 0 Å². The summed E-state index contributed by atoms with van der Waals surface area (Å²) in [5.41, 5.74) is 0. The Bertz CT molecular complexity index is 294. The number of rotatable bonds is 12. The first-order valence-corrected chi connectivity index (χ1v) is 8.14. The van der Waals surface area contributed by atoms with Crippen LogP contribution in [-0.2, 0) is 19.1 Å². The fourth-order valence-corrected chi connectivity index (χ4v) is 2.12. The first kappa shape index (κ1) is 19.9. The Labute approximate surface area is 128 Å². The van der Waals surface area contributed by atoms with Crippen molar-refractivity contribution in [1.29, 1.82) is 0 Å². The predicted molar refractivity (Wildman–Crippen MR) is 83.0 cm³/mol. The summed E-state index contributed by atoms with van der Waals surface area (Å²) in [4.78, 5) is 23.5. The number of hydrogen-bond donors (Lipinski definition) is 1. The van der Waals surface area contributed by atoms with E-state index >= 15 is 0 Å². The van der Waals surface area contributed by atoms with Crippen LogP contribution in [0.4, 0.5) is 0 Å². The number of esters is 2. The summed E-state index contributed by atoms with van der Waals surface area (Å²) < 4.78 is 9.93. The van der Waals surface area contributed by atoms with Gasteiger partial charge in [0.15, 0.2) is 0 Å². The summed E-state index contributed by atoms with van der Waals surface area (Å²) in [6.45, 7) is 9.18. The highest BCUT2D eigenvalue weighted by Gasteiger charge is 2.24. The van der Waals surface area contributed by atoms with Gasteiger partial charge in [-0.05, 0) is 32.7 Å². The molecular weight excluding hydrogens is 270 g/mol. The molecule has 0 aliphatic carbocycles. The molecule has 0 heterocycles. The van der Waals surface area contributed by atoms with E-state index in [1.165, 1.54) is 12.8 Å². The third-order valence-electron chi connectivity index (χ3n) is 3.44. The van der Waals surface area contributed by atoms with Crippen molar-refractivity contribution < 1.29 is 19.1 Å². The average molecular weight is 301 g/mol. The molecule has 21 heavy (non-hydrogen) atoms. The lowest BCUT2D eigenvalue weighted by molar-refractivity contribution is -0.152. The van der Waals surface area contributed by atoms with Crippen molar-refractivity contribution in [2.24, 2.45) is 5.92 Å². The van der Waals surface area contributed by atoms with Gasteiger partial charge in [0.1, 0.15) is 6.04 Å². The summed E-state index contributed by atoms with van der Waals surface area (Å²) >= 11 is 0. The molecule has 0 spiro atoms. The zero-order valence-electron chi connectivity index (χ0n) is 13.9. The third kappa shape index (κ3) is 9.45. The molecule has 0 aromatic rings. The van der Waals surface area contributed by atoms with Gasteiger partial charge < -0.3 is 14.8 Å². The monoisotopic (exact) mass is 301 g/mol. The van der Waals surface area contributed by atoms with Gasteiger partial charge in [0, 0.05) is 0 Å². The van der Waals surface area contributed by atoms with Crippen molar-refractivity contribution in [2.45, 2.75) is 65.8 Å². The summed E-state index contributed by atoms with van der Waals surface area (Å²) in [7, 11) is 0. The molecule has 0 aliphatic rings. The van der Waals surface area contributed by atoms with Gasteiger partial charge in [-0.15, -0.1) is 0 Å². The number of nitrogens with one attached hydrogen (secondary N) is 1. The van der Waals surface area contributed by atoms with Gasteiger partial charge >= 0.3 is 11.9 Å². The van der Waals surface area contributed by atoms with Crippen LogP contribution >= 0.6 is 0 Å². The van der Waals surface area contributed by atoms with E-state index in [-0.39, 0.29) is 18.4 Å². The molecule has 0 saturated carbocycles. The summed E-state index contributed by atoms with van der Waals surface area (Å²) in [5.74, 6) is -0.232. The first-order valence-electron chi connectivity index (χ1n) is 8.14. The minimum absolute atomic E-state index is 0.0247. The molecule has 0 aromatic carbocycles. The Balaban J connectivity index is 4.43. The molecule has 2 atom stereocenters. The quantitative estimate of drug-likeness (QED) is 0.561. The first-order chi connectivity index (χ1) is 10.1. The highest BCUT2D eigenvalue weighted by Crippen LogP contribution is 2.12. The van der Waals surface area contributed by atoms with Crippen molar-refractivity contribution >= 4 is 11.9 Å². The fourth-order valence-electron chi connectivity index (χ4n) is 2.12. The highest BCUT2D eigenvalue weighted by atomic mass is 16.5. The van der Waals surface area contributed by atoms with Gasteiger partial charge in [-0.25, -0.2) is 0 Å². The van der Waals surface area contributed by atoms with E-state index in [1.807, 2.05) is 0 Å². The van der Waals surface area contributed by atoms with Gasteiger partial charge in [-0.2, -0.15) is 0 Å². The maximum absolute atomic E-state index is 11.9. The zero-order valence-corrected chi connectivity index (χ0v) is 13.9. The van der Waals surface area contributed by atoms with E-state index in [9.17, 15) is 9.59 Å². The number of carbonyl (C=O) groups is 2. The Morgan fingerprint density at radius 3 is 2.24 bits per heavy atom. The van der Waals surface area contributed by atoms with Gasteiger partial charge in [0.05, 0.1) is 19.6 Å². The number of carbonyl (C=O) groups excluding carboxylic acids is 2. The number of unbranched alkanes of at least 4 members (excludes halogenated alkanes) is 1. The molecule has 1 N–H and O–H groups in total. The lowest BCUT2D eigenvalue weighted by Gasteiger charge is -2.20. The normalized spacial score (nSPS) is 13.5. The van der Waals surface area contributed by atoms with Crippen molar-refractivity contribution in [2.75, 3.05) is 19.8 Å². The number of ether oxygens (including phenoxy) is 2. The van der Waals surface area contributed by atoms with E-state index in [1.54, 1.807) is 13.8 Å². The minimum Gasteiger partial charge on any atom is -0.466 e. The van der Waals surface area contributed by atoms with Crippen LogP contribution in [0.2, 0.25) is 0 Å². The van der Waals surface area contributed by atoms with Crippen molar-refractivity contribution in [3.63, 3.8) is 0 Å². The lowest BCUT2D eigenvalue weighted by Crippen LogP contribution is -2.42. The molecule has 0 amide bonds. The van der Waals surface area contributed by atoms with Crippen LogP contribution in [0, 0.1) is 5.92 Å². The molecule has 5 heteroatoms. The van der Waals surface area contributed by atoms with Crippen LogP contribution in [0.25, 0.3) is 0 Å². The molecule has 0 fully saturated rings. The van der Waals surface area contributed by atoms with Gasteiger partial charge in [0.2, 0.25) is 0 Å². The maximum atomic E-state index is 11.9. The SMILES string of the molecule is CCCCC(CC)CNC(CC(=O)OCC)C(=O)OCC. The fraction of sp³-hybridized carbons (Fsp3) is 0.875. The Kier molecular flexibility index (Phi) is 12.0. The molecule has 124 valence electrons. The Morgan fingerprint density at radius 2 is 1.71 bits per heavy atom. The molecule has 2 unspecified atom stereocenters. The summed E-state index contributed by atoms with van der Waals surface area (Å²) in [6, 6.07) is -0.611. The lowest BCUT2D eigenvalue weighted by atomic mass is 9.99. The average Bonchev–Trinajstić information content (AvgIpc) is 2.46. The largest absolute Gasteiger partial charge is 0.466 e. The molecule has 0 saturated heterocycles. The van der Waals surface area contributed by atoms with Crippen LogP contribution < -0.4 is 5.32 Å². The van der Waals surface area contributed by atoms with Gasteiger partial charge in [-0.1, -0.05) is 33.1 Å². The smallest absolute Gasteiger partial charge is 0.323 e. The minimum atomic E-state index is -0.611. The molecule has 0 bridgehead atoms. The second-order valence-electron chi connectivity index (χ2n) is 5.14. The summed E-state index contributed by atoms with van der Waals surface area (Å²) in [5, 5.41) is 3.18. The molecular formula is C16H31NO4. The molecule has 5 nitrogen and oxygen atoms in total. The van der Waals surface area contributed by atoms with Crippen molar-refractivity contribution in [3.05, 3.63) is 0 Å². The van der Waals surface area contributed by atoms with Crippen molar-refractivity contribution in [1.82, 2.24) is 5.32 Å². The molecule has 0 rings (SSSR count). The third-order valence-corrected chi connectivity index (χ3v) is 3.44. The standard InChI is InChI=1S/C16H31NO4/c1-5-9-10-13(6-2)12-17-14(16(19)21-8-4)11-15(18)20-7-3/h13-14,17H,5-12H2,1-4H3. The zero-order chi connectivity index (χ0) is 16.1. The van der Waals surface area contributed by atoms with Gasteiger partial charge in [0.25, 0.3) is 0 Å². The van der Waals surface area contributed by atoms with E-state index in [0.29, 0.717) is 19.1 Å². The van der Waals surface area contributed by atoms with Crippen LogP contribution in [0.5, 0.6) is 0 Å². The molecule has 0 aliphatic heterocycles. The van der Waals surface area contributed by atoms with Crippen LogP contribution in [0.15, 0.2) is 0 Å². The second-order valence-corrected chi connectivity index (χ2v) is 5.14.